The van der Waals surface area contributed by atoms with Crippen LogP contribution in [-0.2, 0) is 0 Å². The first-order valence-corrected chi connectivity index (χ1v) is 9.18. The van der Waals surface area contributed by atoms with E-state index in [1.807, 2.05) is 6.07 Å². The van der Waals surface area contributed by atoms with Gasteiger partial charge in [-0.1, -0.05) is 57.5 Å². The molecule has 1 aromatic carbocycles. The maximum Gasteiger partial charge on any atom is 0.0826 e. The summed E-state index contributed by atoms with van der Waals surface area (Å²) < 4.78 is 0. The highest BCUT2D eigenvalue weighted by Crippen LogP contribution is 2.72. The molecule has 120 valence electrons. The Balaban J connectivity index is 1.75. The lowest BCUT2D eigenvalue weighted by atomic mass is 9.62. The van der Waals surface area contributed by atoms with Gasteiger partial charge in [-0.2, -0.15) is 0 Å². The van der Waals surface area contributed by atoms with Crippen molar-refractivity contribution in [3.8, 4) is 0 Å². The van der Waals surface area contributed by atoms with Crippen LogP contribution in [0.15, 0.2) is 30.3 Å². The highest BCUT2D eigenvalue weighted by atomic mass is 16.3. The van der Waals surface area contributed by atoms with Crippen molar-refractivity contribution < 1.29 is 5.11 Å². The molecular formula is C21H30O. The van der Waals surface area contributed by atoms with Gasteiger partial charge in [0.25, 0.3) is 0 Å². The fourth-order valence-electron chi connectivity index (χ4n) is 6.93. The molecule has 1 heteroatoms. The number of aliphatic hydroxyl groups excluding tert-OH is 1. The second-order valence-electron chi connectivity index (χ2n) is 9.10. The summed E-state index contributed by atoms with van der Waals surface area (Å²) >= 11 is 0. The van der Waals surface area contributed by atoms with E-state index in [0.29, 0.717) is 16.7 Å². The SMILES string of the molecule is CC1(C)CCC[C@@]2(C)C3CC[C@@H]([C@H]2[C@H](O)c2ccccc2)[C@@H]31. The van der Waals surface area contributed by atoms with Crippen molar-refractivity contribution in [3.63, 3.8) is 0 Å². The van der Waals surface area contributed by atoms with Crippen molar-refractivity contribution >= 4 is 0 Å². The molecule has 1 aromatic rings. The lowest BCUT2D eigenvalue weighted by molar-refractivity contribution is -0.0229. The predicted octanol–water partition coefficient (Wildman–Crippen LogP) is 5.21. The minimum Gasteiger partial charge on any atom is -0.388 e. The minimum absolute atomic E-state index is 0.280. The predicted molar refractivity (Wildman–Crippen MR) is 90.3 cm³/mol. The zero-order valence-electron chi connectivity index (χ0n) is 14.3. The van der Waals surface area contributed by atoms with Crippen molar-refractivity contribution in [2.75, 3.05) is 0 Å². The first-order chi connectivity index (χ1) is 10.5. The molecule has 3 fully saturated rings. The topological polar surface area (TPSA) is 20.2 Å². The lowest BCUT2D eigenvalue weighted by Gasteiger charge is -2.44. The van der Waals surface area contributed by atoms with Gasteiger partial charge in [-0.3, -0.25) is 0 Å². The summed E-state index contributed by atoms with van der Waals surface area (Å²) in [6.07, 6.45) is 6.46. The molecule has 3 aliphatic carbocycles. The van der Waals surface area contributed by atoms with Gasteiger partial charge in [0.15, 0.2) is 0 Å². The van der Waals surface area contributed by atoms with Crippen LogP contribution in [0.1, 0.15) is 64.5 Å². The van der Waals surface area contributed by atoms with Crippen LogP contribution in [0, 0.1) is 34.5 Å². The van der Waals surface area contributed by atoms with Crippen molar-refractivity contribution in [2.24, 2.45) is 34.5 Å². The van der Waals surface area contributed by atoms with Crippen LogP contribution in [0.25, 0.3) is 0 Å². The van der Waals surface area contributed by atoms with E-state index in [9.17, 15) is 5.11 Å². The largest absolute Gasteiger partial charge is 0.388 e. The third kappa shape index (κ3) is 1.87. The Kier molecular flexibility index (Phi) is 3.24. The second-order valence-corrected chi connectivity index (χ2v) is 9.10. The van der Waals surface area contributed by atoms with E-state index in [0.717, 1.165) is 23.3 Å². The number of benzene rings is 1. The average Bonchev–Trinajstić information content (AvgIpc) is 2.99. The summed E-state index contributed by atoms with van der Waals surface area (Å²) in [5, 5.41) is 11.2. The molecule has 4 bridgehead atoms. The van der Waals surface area contributed by atoms with Crippen molar-refractivity contribution in [2.45, 2.75) is 59.0 Å². The van der Waals surface area contributed by atoms with Crippen LogP contribution in [0.5, 0.6) is 0 Å². The summed E-state index contributed by atoms with van der Waals surface area (Å²) in [5.74, 6) is 2.83. The fourth-order valence-corrected chi connectivity index (χ4v) is 6.93. The molecule has 3 aliphatic rings. The third-order valence-electron chi connectivity index (χ3n) is 7.70. The number of aliphatic hydroxyl groups is 1. The molecule has 1 unspecified atom stereocenters. The van der Waals surface area contributed by atoms with Gasteiger partial charge in [0.1, 0.15) is 0 Å². The normalized spacial score (nSPS) is 43.8. The molecular weight excluding hydrogens is 268 g/mol. The average molecular weight is 298 g/mol. The van der Waals surface area contributed by atoms with E-state index in [1.54, 1.807) is 0 Å². The molecule has 0 aromatic heterocycles. The molecule has 0 heterocycles. The molecule has 0 aliphatic heterocycles. The van der Waals surface area contributed by atoms with Crippen LogP contribution in [-0.4, -0.2) is 5.11 Å². The molecule has 0 saturated heterocycles. The smallest absolute Gasteiger partial charge is 0.0826 e. The summed E-state index contributed by atoms with van der Waals surface area (Å²) in [6.45, 7) is 7.49. The monoisotopic (exact) mass is 298 g/mol. The molecule has 1 N–H and O–H groups in total. The molecule has 22 heavy (non-hydrogen) atoms. The zero-order valence-corrected chi connectivity index (χ0v) is 14.3. The second kappa shape index (κ2) is 4.84. The molecule has 4 rings (SSSR count). The van der Waals surface area contributed by atoms with E-state index in [1.165, 1.54) is 32.1 Å². The number of hydrogen-bond donors (Lipinski definition) is 1. The number of rotatable bonds is 2. The Labute approximate surface area is 135 Å². The van der Waals surface area contributed by atoms with E-state index in [4.69, 9.17) is 0 Å². The van der Waals surface area contributed by atoms with Gasteiger partial charge in [-0.05, 0) is 65.7 Å². The molecule has 1 nitrogen and oxygen atoms in total. The summed E-state index contributed by atoms with van der Waals surface area (Å²) in [7, 11) is 0. The Morgan fingerprint density at radius 2 is 1.77 bits per heavy atom. The lowest BCUT2D eigenvalue weighted by Crippen LogP contribution is -2.37. The minimum atomic E-state index is -0.280. The summed E-state index contributed by atoms with van der Waals surface area (Å²) in [6, 6.07) is 10.4. The molecule has 0 spiro atoms. The van der Waals surface area contributed by atoms with Gasteiger partial charge in [0.2, 0.25) is 0 Å². The van der Waals surface area contributed by atoms with E-state index >= 15 is 0 Å². The highest BCUT2D eigenvalue weighted by molar-refractivity contribution is 5.23. The van der Waals surface area contributed by atoms with Gasteiger partial charge in [0, 0.05) is 0 Å². The van der Waals surface area contributed by atoms with E-state index < -0.39 is 0 Å². The van der Waals surface area contributed by atoms with E-state index in [-0.39, 0.29) is 6.10 Å². The fraction of sp³-hybridized carbons (Fsp3) is 0.714. The zero-order chi connectivity index (χ0) is 15.5. The molecule has 0 amide bonds. The maximum absolute atomic E-state index is 11.2. The van der Waals surface area contributed by atoms with Crippen LogP contribution in [0.4, 0.5) is 0 Å². The van der Waals surface area contributed by atoms with Gasteiger partial charge >= 0.3 is 0 Å². The molecule has 3 saturated carbocycles. The van der Waals surface area contributed by atoms with Crippen LogP contribution < -0.4 is 0 Å². The van der Waals surface area contributed by atoms with Crippen LogP contribution in [0.3, 0.4) is 0 Å². The summed E-state index contributed by atoms with van der Waals surface area (Å²) in [4.78, 5) is 0. The summed E-state index contributed by atoms with van der Waals surface area (Å²) in [5.41, 5.74) is 1.93. The highest BCUT2D eigenvalue weighted by Gasteiger charge is 2.66. The van der Waals surface area contributed by atoms with Gasteiger partial charge in [-0.15, -0.1) is 0 Å². The van der Waals surface area contributed by atoms with E-state index in [2.05, 4.69) is 45.0 Å². The first-order valence-electron chi connectivity index (χ1n) is 9.18. The third-order valence-corrected chi connectivity index (χ3v) is 7.70. The van der Waals surface area contributed by atoms with Gasteiger partial charge in [-0.25, -0.2) is 0 Å². The Hall–Kier alpha value is -0.820. The maximum atomic E-state index is 11.2. The van der Waals surface area contributed by atoms with Crippen molar-refractivity contribution in [1.82, 2.24) is 0 Å². The van der Waals surface area contributed by atoms with Crippen molar-refractivity contribution in [1.29, 1.82) is 0 Å². The molecule has 6 atom stereocenters. The van der Waals surface area contributed by atoms with Gasteiger partial charge in [0.05, 0.1) is 6.10 Å². The first kappa shape index (κ1) is 14.8. The quantitative estimate of drug-likeness (QED) is 0.794. The van der Waals surface area contributed by atoms with Crippen LogP contribution >= 0.6 is 0 Å². The standard InChI is InChI=1S/C21H30O/c1-20(2)12-7-13-21(3)16-11-10-15(17(16)20)18(21)19(22)14-8-5-4-6-9-14/h4-6,8-9,15-19,22H,7,10-13H2,1-3H3/t15-,16?,17+,18+,19-,21+/m1/s1. The van der Waals surface area contributed by atoms with Crippen molar-refractivity contribution in [3.05, 3.63) is 35.9 Å². The molecule has 0 radical (unpaired) electrons. The van der Waals surface area contributed by atoms with Gasteiger partial charge < -0.3 is 5.11 Å². The Bertz CT molecular complexity index is 548. The Morgan fingerprint density at radius 3 is 2.50 bits per heavy atom. The number of hydrogen-bond acceptors (Lipinski definition) is 1. The Morgan fingerprint density at radius 1 is 1.05 bits per heavy atom. The van der Waals surface area contributed by atoms with Crippen LogP contribution in [0.2, 0.25) is 0 Å².